The van der Waals surface area contributed by atoms with Gasteiger partial charge >= 0.3 is 11.9 Å². The van der Waals surface area contributed by atoms with Crippen LogP contribution >= 0.6 is 15.9 Å². The summed E-state index contributed by atoms with van der Waals surface area (Å²) < 4.78 is 10.0. The smallest absolute Gasteiger partial charge is 0.329 e. The van der Waals surface area contributed by atoms with E-state index in [1.54, 1.807) is 26.0 Å². The van der Waals surface area contributed by atoms with Crippen molar-refractivity contribution in [3.63, 3.8) is 0 Å². The fourth-order valence-electron chi connectivity index (χ4n) is 3.22. The van der Waals surface area contributed by atoms with Gasteiger partial charge in [0.15, 0.2) is 10.8 Å². The molecule has 0 aromatic heterocycles. The molecule has 0 spiro atoms. The van der Waals surface area contributed by atoms with E-state index in [0.29, 0.717) is 10.9 Å². The largest absolute Gasteiger partial charge is 0.465 e. The van der Waals surface area contributed by atoms with Crippen molar-refractivity contribution in [2.75, 3.05) is 13.2 Å². The van der Waals surface area contributed by atoms with Gasteiger partial charge in [-0.3, -0.25) is 9.59 Å². The van der Waals surface area contributed by atoms with E-state index in [1.165, 1.54) is 0 Å². The number of carbonyl (C=O) groups excluding carboxylic acids is 2. The third-order valence-corrected chi connectivity index (χ3v) is 5.07. The number of alkyl halides is 1. The molecule has 0 radical (unpaired) electrons. The van der Waals surface area contributed by atoms with E-state index in [9.17, 15) is 20.1 Å². The molecule has 1 aliphatic rings. The van der Waals surface area contributed by atoms with Crippen LogP contribution in [0.25, 0.3) is 0 Å². The standard InChI is InChI=1S/C18H17BrN2O4/c1-3-24-15(22)17(10-20)14(13-7-5-12(9-19)6-8-13)18(17,11-21)16(23)25-4-2/h5-8,14H,3-4,9H2,1-2H3. The molecule has 130 valence electrons. The number of carbonyl (C=O) groups is 2. The molecule has 1 aromatic carbocycles. The number of halogens is 1. The minimum absolute atomic E-state index is 0.0435. The van der Waals surface area contributed by atoms with E-state index >= 15 is 0 Å². The van der Waals surface area contributed by atoms with E-state index in [4.69, 9.17) is 9.47 Å². The van der Waals surface area contributed by atoms with Gasteiger partial charge in [0.05, 0.1) is 25.4 Å². The lowest BCUT2D eigenvalue weighted by Gasteiger charge is -2.11. The van der Waals surface area contributed by atoms with Gasteiger partial charge < -0.3 is 9.47 Å². The van der Waals surface area contributed by atoms with Gasteiger partial charge in [-0.05, 0) is 25.0 Å². The van der Waals surface area contributed by atoms with Crippen LogP contribution in [0.15, 0.2) is 24.3 Å². The normalized spacial score (nSPS) is 26.8. The van der Waals surface area contributed by atoms with Crippen molar-refractivity contribution >= 4 is 27.9 Å². The molecule has 0 amide bonds. The second-order valence-electron chi connectivity index (χ2n) is 5.59. The van der Waals surface area contributed by atoms with E-state index in [1.807, 2.05) is 24.3 Å². The highest BCUT2D eigenvalue weighted by molar-refractivity contribution is 9.08. The van der Waals surface area contributed by atoms with Crippen LogP contribution in [-0.2, 0) is 24.4 Å². The van der Waals surface area contributed by atoms with Crippen LogP contribution < -0.4 is 0 Å². The van der Waals surface area contributed by atoms with Gasteiger partial charge in [0.2, 0.25) is 0 Å². The molecule has 0 heterocycles. The Balaban J connectivity index is 2.60. The molecule has 0 N–H and O–H groups in total. The van der Waals surface area contributed by atoms with Crippen molar-refractivity contribution < 1.29 is 19.1 Å². The number of nitrogens with zero attached hydrogens (tertiary/aromatic N) is 2. The quantitative estimate of drug-likeness (QED) is 0.533. The second-order valence-corrected chi connectivity index (χ2v) is 6.15. The lowest BCUT2D eigenvalue weighted by Crippen LogP contribution is -2.30. The maximum absolute atomic E-state index is 12.5. The topological polar surface area (TPSA) is 100 Å². The monoisotopic (exact) mass is 404 g/mol. The van der Waals surface area contributed by atoms with Gasteiger partial charge in [-0.25, -0.2) is 0 Å². The molecule has 2 atom stereocenters. The van der Waals surface area contributed by atoms with Crippen LogP contribution in [0.4, 0.5) is 0 Å². The van der Waals surface area contributed by atoms with Crippen molar-refractivity contribution in [1.29, 1.82) is 10.5 Å². The lowest BCUT2D eigenvalue weighted by atomic mass is 9.95. The van der Waals surface area contributed by atoms with E-state index < -0.39 is 28.7 Å². The Morgan fingerprint density at radius 1 is 1.04 bits per heavy atom. The van der Waals surface area contributed by atoms with Crippen LogP contribution in [0.2, 0.25) is 0 Å². The summed E-state index contributed by atoms with van der Waals surface area (Å²) in [5.41, 5.74) is -2.27. The predicted octanol–water partition coefficient (Wildman–Crippen LogP) is 2.82. The molecule has 25 heavy (non-hydrogen) atoms. The summed E-state index contributed by atoms with van der Waals surface area (Å²) in [5, 5.41) is 20.1. The Labute approximate surface area is 154 Å². The number of nitriles is 2. The highest BCUT2D eigenvalue weighted by Gasteiger charge is 2.89. The Kier molecular flexibility index (Phi) is 5.49. The zero-order chi connectivity index (χ0) is 18.7. The minimum Gasteiger partial charge on any atom is -0.465 e. The molecule has 1 aliphatic carbocycles. The Morgan fingerprint density at radius 3 is 1.80 bits per heavy atom. The number of rotatable bonds is 6. The Hall–Kier alpha value is -2.38. The Morgan fingerprint density at radius 2 is 1.48 bits per heavy atom. The van der Waals surface area contributed by atoms with Crippen LogP contribution in [-0.4, -0.2) is 25.2 Å². The first-order valence-electron chi connectivity index (χ1n) is 7.81. The number of esters is 2. The molecule has 2 rings (SSSR count). The average Bonchev–Trinajstić information content (AvgIpc) is 3.27. The predicted molar refractivity (Wildman–Crippen MR) is 91.2 cm³/mol. The molecule has 1 fully saturated rings. The van der Waals surface area contributed by atoms with Gasteiger partial charge in [0, 0.05) is 11.2 Å². The van der Waals surface area contributed by atoms with Gasteiger partial charge in [-0.1, -0.05) is 40.2 Å². The van der Waals surface area contributed by atoms with Crippen molar-refractivity contribution in [1.82, 2.24) is 0 Å². The molecule has 0 aliphatic heterocycles. The Bertz CT molecular complexity index is 723. The van der Waals surface area contributed by atoms with Crippen molar-refractivity contribution in [2.45, 2.75) is 25.1 Å². The molecule has 6 nitrogen and oxygen atoms in total. The second kappa shape index (κ2) is 7.25. The molecule has 0 saturated heterocycles. The zero-order valence-corrected chi connectivity index (χ0v) is 15.5. The summed E-state index contributed by atoms with van der Waals surface area (Å²) in [5.74, 6) is -2.68. The molecule has 0 bridgehead atoms. The third kappa shape index (κ3) is 2.60. The molecule has 1 aromatic rings. The van der Waals surface area contributed by atoms with Crippen LogP contribution in [0.3, 0.4) is 0 Å². The minimum atomic E-state index is -1.90. The summed E-state index contributed by atoms with van der Waals surface area (Å²) in [6, 6.07) is 10.8. The number of hydrogen-bond donors (Lipinski definition) is 0. The van der Waals surface area contributed by atoms with Crippen LogP contribution in [0.5, 0.6) is 0 Å². The van der Waals surface area contributed by atoms with Crippen LogP contribution in [0.1, 0.15) is 30.9 Å². The fourth-order valence-corrected chi connectivity index (χ4v) is 3.59. The van der Waals surface area contributed by atoms with Crippen LogP contribution in [0, 0.1) is 33.5 Å². The first kappa shape index (κ1) is 19.0. The molecular formula is C18H17BrN2O4. The summed E-state index contributed by atoms with van der Waals surface area (Å²) in [6.07, 6.45) is 0. The highest BCUT2D eigenvalue weighted by atomic mass is 79.9. The fraction of sp³-hybridized carbons (Fsp3) is 0.444. The molecule has 7 heteroatoms. The number of benzene rings is 1. The maximum Gasteiger partial charge on any atom is 0.329 e. The van der Waals surface area contributed by atoms with E-state index in [0.717, 1.165) is 5.56 Å². The average molecular weight is 405 g/mol. The van der Waals surface area contributed by atoms with E-state index in [-0.39, 0.29) is 13.2 Å². The van der Waals surface area contributed by atoms with Crippen molar-refractivity contribution in [2.24, 2.45) is 10.8 Å². The SMILES string of the molecule is CCOC(=O)C1(C#N)C(c2ccc(CBr)cc2)C1(C#N)C(=O)OCC. The number of ether oxygens (including phenoxy) is 2. The summed E-state index contributed by atoms with van der Waals surface area (Å²) in [4.78, 5) is 25.1. The summed E-state index contributed by atoms with van der Waals surface area (Å²) >= 11 is 3.34. The summed E-state index contributed by atoms with van der Waals surface area (Å²) in [7, 11) is 0. The number of hydrogen-bond acceptors (Lipinski definition) is 6. The van der Waals surface area contributed by atoms with Crippen molar-refractivity contribution in [3.8, 4) is 12.1 Å². The zero-order valence-electron chi connectivity index (χ0n) is 13.9. The lowest BCUT2D eigenvalue weighted by molar-refractivity contribution is -0.155. The first-order chi connectivity index (χ1) is 12.0. The van der Waals surface area contributed by atoms with Gasteiger partial charge in [0.1, 0.15) is 0 Å². The van der Waals surface area contributed by atoms with Crippen molar-refractivity contribution in [3.05, 3.63) is 35.4 Å². The molecule has 2 unspecified atom stereocenters. The van der Waals surface area contributed by atoms with E-state index in [2.05, 4.69) is 15.9 Å². The highest BCUT2D eigenvalue weighted by Crippen LogP contribution is 2.74. The molecular weight excluding hydrogens is 388 g/mol. The molecule has 1 saturated carbocycles. The van der Waals surface area contributed by atoms with Gasteiger partial charge in [0.25, 0.3) is 0 Å². The summed E-state index contributed by atoms with van der Waals surface area (Å²) in [6.45, 7) is 3.29. The first-order valence-corrected chi connectivity index (χ1v) is 8.93. The van der Waals surface area contributed by atoms with Gasteiger partial charge in [-0.15, -0.1) is 0 Å². The third-order valence-electron chi connectivity index (χ3n) is 4.42. The van der Waals surface area contributed by atoms with Gasteiger partial charge in [-0.2, -0.15) is 10.5 Å². The maximum atomic E-state index is 12.5.